The van der Waals surface area contributed by atoms with Gasteiger partial charge in [0.1, 0.15) is 6.23 Å². The highest BCUT2D eigenvalue weighted by molar-refractivity contribution is 9.10. The first kappa shape index (κ1) is 22.1. The summed E-state index contributed by atoms with van der Waals surface area (Å²) in [5.41, 5.74) is 0.475. The van der Waals surface area contributed by atoms with Gasteiger partial charge in [0.25, 0.3) is 0 Å². The summed E-state index contributed by atoms with van der Waals surface area (Å²) in [6, 6.07) is 8.32. The van der Waals surface area contributed by atoms with E-state index >= 15 is 0 Å². The monoisotopic (exact) mass is 540 g/mol. The Morgan fingerprint density at radius 3 is 2.56 bits per heavy atom. The van der Waals surface area contributed by atoms with Gasteiger partial charge >= 0.3 is 0 Å². The summed E-state index contributed by atoms with van der Waals surface area (Å²) in [4.78, 5) is 21.0. The van der Waals surface area contributed by atoms with Crippen molar-refractivity contribution in [3.05, 3.63) is 52.2 Å². The van der Waals surface area contributed by atoms with E-state index in [1.54, 1.807) is 29.4 Å². The molecule has 1 amide bonds. The average Bonchev–Trinajstić information content (AvgIpc) is 3.14. The number of piperidine rings is 1. The second kappa shape index (κ2) is 8.25. The molecule has 3 fully saturated rings. The van der Waals surface area contributed by atoms with Crippen LogP contribution in [-0.2, 0) is 19.6 Å². The van der Waals surface area contributed by atoms with Crippen molar-refractivity contribution in [1.82, 2.24) is 14.2 Å². The van der Waals surface area contributed by atoms with E-state index in [9.17, 15) is 13.2 Å². The highest BCUT2D eigenvalue weighted by atomic mass is 79.9. The summed E-state index contributed by atoms with van der Waals surface area (Å²) in [6.07, 6.45) is 4.23. The predicted octanol–water partition coefficient (Wildman–Crippen LogP) is 2.73. The number of aromatic nitrogens is 1. The van der Waals surface area contributed by atoms with Crippen molar-refractivity contribution in [2.45, 2.75) is 29.6 Å². The van der Waals surface area contributed by atoms with Gasteiger partial charge in [-0.15, -0.1) is 0 Å². The molecule has 11 heteroatoms. The summed E-state index contributed by atoms with van der Waals surface area (Å²) < 4.78 is 34.6. The number of benzene rings is 1. The molecule has 3 saturated heterocycles. The number of hydrogen-bond donors (Lipinski definition) is 0. The topological polar surface area (TPSA) is 83.0 Å². The molecule has 32 heavy (non-hydrogen) atoms. The lowest BCUT2D eigenvalue weighted by atomic mass is 9.91. The van der Waals surface area contributed by atoms with Crippen molar-refractivity contribution in [3.8, 4) is 0 Å². The molecule has 170 valence electrons. The molecular weight excluding hydrogens is 520 g/mol. The third-order valence-corrected chi connectivity index (χ3v) is 9.05. The van der Waals surface area contributed by atoms with Crippen LogP contribution in [0.5, 0.6) is 0 Å². The molecule has 2 aromatic rings. The zero-order valence-electron chi connectivity index (χ0n) is 17.2. The average molecular weight is 542 g/mol. The van der Waals surface area contributed by atoms with E-state index in [-0.39, 0.29) is 23.9 Å². The van der Waals surface area contributed by atoms with Gasteiger partial charge in [-0.25, -0.2) is 8.42 Å². The van der Waals surface area contributed by atoms with Gasteiger partial charge in [0.15, 0.2) is 0 Å². The number of carbonyl (C=O) groups is 1. The smallest absolute Gasteiger partial charge is 0.243 e. The lowest BCUT2D eigenvalue weighted by molar-refractivity contribution is -0.144. The van der Waals surface area contributed by atoms with Crippen molar-refractivity contribution >= 4 is 49.1 Å². The van der Waals surface area contributed by atoms with Crippen LogP contribution in [0.15, 0.2) is 52.1 Å². The highest BCUT2D eigenvalue weighted by Crippen LogP contribution is 2.39. The highest BCUT2D eigenvalue weighted by Gasteiger charge is 2.52. The lowest BCUT2D eigenvalue weighted by Crippen LogP contribution is -2.55. The number of sulfonamides is 1. The summed E-state index contributed by atoms with van der Waals surface area (Å²) in [5, 5.41) is 0.608. The first-order chi connectivity index (χ1) is 15.3. The van der Waals surface area contributed by atoms with Crippen molar-refractivity contribution in [1.29, 1.82) is 0 Å². The van der Waals surface area contributed by atoms with Crippen LogP contribution in [0.2, 0.25) is 5.02 Å². The second-order valence-electron chi connectivity index (χ2n) is 8.34. The second-order valence-corrected chi connectivity index (χ2v) is 11.6. The minimum atomic E-state index is -3.79. The van der Waals surface area contributed by atoms with Gasteiger partial charge in [-0.1, -0.05) is 27.5 Å². The number of carbonyl (C=O) groups excluding carboxylic acids is 1. The minimum absolute atomic E-state index is 0.131. The SMILES string of the molecule is O=C1CN(S(=O)(=O)c2ccc(Br)cc2)CC2OC3(CCN(c4ccncc4Cl)CC3)CN12. The van der Waals surface area contributed by atoms with E-state index in [1.165, 1.54) is 16.4 Å². The van der Waals surface area contributed by atoms with Gasteiger partial charge in [-0.2, -0.15) is 4.31 Å². The molecular formula is C21H22BrClN4O4S. The Balaban J connectivity index is 1.30. The number of amides is 1. The van der Waals surface area contributed by atoms with Crippen LogP contribution in [0.1, 0.15) is 12.8 Å². The van der Waals surface area contributed by atoms with Crippen LogP contribution < -0.4 is 4.90 Å². The quantitative estimate of drug-likeness (QED) is 0.594. The molecule has 0 saturated carbocycles. The number of rotatable bonds is 3. The molecule has 0 aliphatic carbocycles. The fourth-order valence-electron chi connectivity index (χ4n) is 4.66. The van der Waals surface area contributed by atoms with Gasteiger partial charge < -0.3 is 14.5 Å². The number of anilines is 1. The lowest BCUT2D eigenvalue weighted by Gasteiger charge is -2.39. The number of halogens is 2. The Labute approximate surface area is 200 Å². The molecule has 8 nitrogen and oxygen atoms in total. The zero-order chi connectivity index (χ0) is 22.5. The van der Waals surface area contributed by atoms with Crippen molar-refractivity contribution < 1.29 is 17.9 Å². The number of pyridine rings is 1. The van der Waals surface area contributed by atoms with Gasteiger partial charge in [0.2, 0.25) is 15.9 Å². The molecule has 1 spiro atoms. The van der Waals surface area contributed by atoms with Gasteiger partial charge in [-0.3, -0.25) is 9.78 Å². The zero-order valence-corrected chi connectivity index (χ0v) is 20.3. The molecule has 1 unspecified atom stereocenters. The van der Waals surface area contributed by atoms with E-state index in [0.717, 1.165) is 36.1 Å². The van der Waals surface area contributed by atoms with E-state index < -0.39 is 21.9 Å². The fourth-order valence-corrected chi connectivity index (χ4v) is 6.55. The van der Waals surface area contributed by atoms with E-state index in [2.05, 4.69) is 25.8 Å². The van der Waals surface area contributed by atoms with Crippen molar-refractivity contribution in [2.75, 3.05) is 37.6 Å². The molecule has 0 bridgehead atoms. The van der Waals surface area contributed by atoms with Crippen LogP contribution in [-0.4, -0.2) is 73.1 Å². The third kappa shape index (κ3) is 3.92. The molecule has 0 N–H and O–H groups in total. The number of fused-ring (bicyclic) bond motifs is 1. The minimum Gasteiger partial charge on any atom is -0.370 e. The van der Waals surface area contributed by atoms with Gasteiger partial charge in [0, 0.05) is 30.0 Å². The summed E-state index contributed by atoms with van der Waals surface area (Å²) in [6.45, 7) is 1.91. The fraction of sp³-hybridized carbons (Fsp3) is 0.429. The van der Waals surface area contributed by atoms with Crippen LogP contribution in [0, 0.1) is 0 Å². The van der Waals surface area contributed by atoms with Crippen molar-refractivity contribution in [3.63, 3.8) is 0 Å². The predicted molar refractivity (Wildman–Crippen MR) is 123 cm³/mol. The number of ether oxygens (including phenoxy) is 1. The molecule has 0 radical (unpaired) electrons. The standard InChI is InChI=1S/C21H22BrClN4O4S/c22-15-1-3-16(4-2-15)32(29,30)26-12-19(28)27-14-21(31-20(27)13-26)6-9-25(10-7-21)18-5-8-24-11-17(18)23/h1-5,8,11,20H,6-7,9-10,12-14H2. The van der Waals surface area contributed by atoms with E-state index in [4.69, 9.17) is 16.3 Å². The largest absolute Gasteiger partial charge is 0.370 e. The Morgan fingerprint density at radius 2 is 1.88 bits per heavy atom. The normalized spacial score (nSPS) is 23.6. The molecule has 1 aromatic carbocycles. The van der Waals surface area contributed by atoms with Gasteiger partial charge in [0.05, 0.1) is 40.8 Å². The molecule has 5 rings (SSSR count). The maximum absolute atomic E-state index is 13.1. The van der Waals surface area contributed by atoms with E-state index in [0.29, 0.717) is 11.6 Å². The maximum Gasteiger partial charge on any atom is 0.243 e. The van der Waals surface area contributed by atoms with Crippen LogP contribution in [0.25, 0.3) is 0 Å². The van der Waals surface area contributed by atoms with Gasteiger partial charge in [-0.05, 0) is 43.2 Å². The molecule has 3 aliphatic heterocycles. The Morgan fingerprint density at radius 1 is 1.16 bits per heavy atom. The molecule has 1 aromatic heterocycles. The first-order valence-corrected chi connectivity index (χ1v) is 13.0. The first-order valence-electron chi connectivity index (χ1n) is 10.3. The molecule has 4 heterocycles. The van der Waals surface area contributed by atoms with Crippen LogP contribution in [0.4, 0.5) is 5.69 Å². The summed E-state index contributed by atoms with van der Waals surface area (Å²) in [7, 11) is -3.79. The van der Waals surface area contributed by atoms with Crippen LogP contribution >= 0.6 is 27.5 Å². The Bertz CT molecular complexity index is 1140. The number of hydrogen-bond acceptors (Lipinski definition) is 6. The maximum atomic E-state index is 13.1. The Kier molecular flexibility index (Phi) is 5.69. The number of piperazine rings is 1. The molecule has 1 atom stereocenters. The van der Waals surface area contributed by atoms with Crippen molar-refractivity contribution in [2.24, 2.45) is 0 Å². The summed E-state index contributed by atoms with van der Waals surface area (Å²) >= 11 is 9.61. The van der Waals surface area contributed by atoms with Crippen LogP contribution in [0.3, 0.4) is 0 Å². The van der Waals surface area contributed by atoms with E-state index in [1.807, 2.05) is 6.07 Å². The summed E-state index contributed by atoms with van der Waals surface area (Å²) in [5.74, 6) is -0.224. The Hall–Kier alpha value is -1.72. The number of nitrogens with zero attached hydrogens (tertiary/aromatic N) is 4. The third-order valence-electron chi connectivity index (χ3n) is 6.40. The molecule has 3 aliphatic rings.